The Morgan fingerprint density at radius 3 is 2.70 bits per heavy atom. The summed E-state index contributed by atoms with van der Waals surface area (Å²) in [7, 11) is 0. The first-order chi connectivity index (χ1) is 20.4. The first-order valence-corrected chi connectivity index (χ1v) is 16.6. The average Bonchev–Trinajstić information content (AvgIpc) is 3.46. The van der Waals surface area contributed by atoms with E-state index in [-0.39, 0.29) is 54.9 Å². The van der Waals surface area contributed by atoms with Crippen molar-refractivity contribution in [3.63, 3.8) is 0 Å². The van der Waals surface area contributed by atoms with E-state index in [9.17, 15) is 25.2 Å². The third-order valence-electron chi connectivity index (χ3n) is 9.69. The fourth-order valence-electron chi connectivity index (χ4n) is 7.00. The highest BCUT2D eigenvalue weighted by molar-refractivity contribution is 5.68. The molecule has 0 radical (unpaired) electrons. The summed E-state index contributed by atoms with van der Waals surface area (Å²) in [5, 5.41) is 55.1. The molecule has 43 heavy (non-hydrogen) atoms. The van der Waals surface area contributed by atoms with Crippen LogP contribution >= 0.6 is 0 Å². The van der Waals surface area contributed by atoms with Gasteiger partial charge in [-0.1, -0.05) is 32.1 Å². The molecule has 0 aromatic rings. The van der Waals surface area contributed by atoms with Gasteiger partial charge in [0.1, 0.15) is 0 Å². The first-order valence-electron chi connectivity index (χ1n) is 16.6. The lowest BCUT2D eigenvalue weighted by Gasteiger charge is -2.44. The number of hydrogen-bond donors (Lipinski definition) is 9. The number of aliphatic carboxylic acids is 1. The van der Waals surface area contributed by atoms with Gasteiger partial charge >= 0.3 is 5.97 Å². The fraction of sp³-hybridized carbons (Fsp3) is 0.935. The number of rotatable bonds is 19. The third kappa shape index (κ3) is 12.6. The standard InChI is InChI=1S/C31H61N7O5/c1-22(39)19-35-24(15-25-26(38-14-13-33-21-38)16-27(40)23(2)37-25)9-7-5-4-6-8-10-31(43,18-29(41)42)20-36-30(3)11-12-34-28(32)17-30/h13,22-28,34-37,39-40,43H,4-12,14-21,32H2,1-3H3,(H,41,42)/t22-,23-,24+,25+,26-,27+,28-,30+,31+/m0/s1. The van der Waals surface area contributed by atoms with Gasteiger partial charge in [-0.05, 0) is 65.8 Å². The second-order valence-corrected chi connectivity index (χ2v) is 13.9. The van der Waals surface area contributed by atoms with Crippen molar-refractivity contribution >= 4 is 12.2 Å². The molecule has 3 heterocycles. The number of unbranched alkanes of at least 4 members (excludes halogenated alkanes) is 4. The van der Waals surface area contributed by atoms with Crippen LogP contribution in [0.1, 0.15) is 97.8 Å². The van der Waals surface area contributed by atoms with E-state index >= 15 is 0 Å². The maximum atomic E-state index is 11.5. The Morgan fingerprint density at radius 1 is 1.28 bits per heavy atom. The average molecular weight is 612 g/mol. The molecule has 0 spiro atoms. The second-order valence-electron chi connectivity index (χ2n) is 13.9. The molecule has 0 aromatic carbocycles. The van der Waals surface area contributed by atoms with Crippen LogP contribution in [0.3, 0.4) is 0 Å². The summed E-state index contributed by atoms with van der Waals surface area (Å²) in [5.74, 6) is -0.983. The summed E-state index contributed by atoms with van der Waals surface area (Å²) in [6, 6.07) is 0.738. The largest absolute Gasteiger partial charge is 0.481 e. The SMILES string of the molecule is C[C@H](O)CN[C@H](CCCCCCC[C@](O)(CN[C@]1(C)CCN[C@H](N)C1)CC(=O)O)C[C@H]1N[C@@H](C)[C@H](O)C[C@@H]1N1CC=NC1. The smallest absolute Gasteiger partial charge is 0.306 e. The molecule has 3 aliphatic rings. The van der Waals surface area contributed by atoms with Gasteiger partial charge in [0.25, 0.3) is 0 Å². The van der Waals surface area contributed by atoms with Crippen molar-refractivity contribution in [1.82, 2.24) is 26.2 Å². The highest BCUT2D eigenvalue weighted by Gasteiger charge is 2.39. The summed E-state index contributed by atoms with van der Waals surface area (Å²) >= 11 is 0. The zero-order valence-electron chi connectivity index (χ0n) is 26.8. The predicted octanol–water partition coefficient (Wildman–Crippen LogP) is 0.492. The number of carboxylic acid groups (broad SMARTS) is 1. The zero-order valence-corrected chi connectivity index (χ0v) is 26.8. The molecule has 0 unspecified atom stereocenters. The van der Waals surface area contributed by atoms with Crippen molar-refractivity contribution < 1.29 is 25.2 Å². The van der Waals surface area contributed by atoms with Gasteiger partial charge < -0.3 is 47.4 Å². The van der Waals surface area contributed by atoms with E-state index in [0.29, 0.717) is 19.6 Å². The molecule has 0 saturated carbocycles. The van der Waals surface area contributed by atoms with Crippen LogP contribution in [-0.4, -0.2) is 124 Å². The third-order valence-corrected chi connectivity index (χ3v) is 9.69. The Bertz CT molecular complexity index is 858. The number of carbonyl (C=O) groups is 1. The minimum Gasteiger partial charge on any atom is -0.481 e. The minimum atomic E-state index is -1.28. The molecule has 0 aliphatic carbocycles. The molecule has 0 amide bonds. The Balaban J connectivity index is 1.43. The Hall–Kier alpha value is -1.22. The van der Waals surface area contributed by atoms with E-state index in [1.807, 2.05) is 13.1 Å². The molecule has 2 fully saturated rings. The van der Waals surface area contributed by atoms with E-state index in [1.54, 1.807) is 6.92 Å². The number of piperidine rings is 2. The summed E-state index contributed by atoms with van der Waals surface area (Å²) in [6.45, 7) is 9.02. The Labute approximate surface area is 258 Å². The number of aliphatic imine (C=N–C) groups is 1. The van der Waals surface area contributed by atoms with Gasteiger partial charge in [0.15, 0.2) is 0 Å². The van der Waals surface area contributed by atoms with Crippen LogP contribution in [0.2, 0.25) is 0 Å². The molecule has 3 rings (SSSR count). The quantitative estimate of drug-likeness (QED) is 0.0925. The molecule has 12 heteroatoms. The van der Waals surface area contributed by atoms with Gasteiger partial charge in [-0.15, -0.1) is 0 Å². The molecule has 250 valence electrons. The number of carboxylic acids is 1. The van der Waals surface area contributed by atoms with Crippen molar-refractivity contribution in [3.8, 4) is 0 Å². The van der Waals surface area contributed by atoms with Gasteiger partial charge in [0.2, 0.25) is 0 Å². The highest BCUT2D eigenvalue weighted by Crippen LogP contribution is 2.26. The van der Waals surface area contributed by atoms with Crippen LogP contribution in [0.25, 0.3) is 0 Å². The van der Waals surface area contributed by atoms with Crippen molar-refractivity contribution in [3.05, 3.63) is 0 Å². The van der Waals surface area contributed by atoms with Gasteiger partial charge in [0, 0.05) is 55.6 Å². The van der Waals surface area contributed by atoms with E-state index < -0.39 is 17.7 Å². The molecule has 9 atom stereocenters. The van der Waals surface area contributed by atoms with E-state index in [1.165, 1.54) is 0 Å². The van der Waals surface area contributed by atoms with Crippen molar-refractivity contribution in [1.29, 1.82) is 0 Å². The number of nitrogens with zero attached hydrogens (tertiary/aromatic N) is 2. The summed E-state index contributed by atoms with van der Waals surface area (Å²) in [4.78, 5) is 18.3. The van der Waals surface area contributed by atoms with Crippen LogP contribution in [0.4, 0.5) is 0 Å². The van der Waals surface area contributed by atoms with E-state index in [2.05, 4.69) is 38.1 Å². The fourth-order valence-corrected chi connectivity index (χ4v) is 7.00. The first kappa shape index (κ1) is 36.3. The molecule has 0 aromatic heterocycles. The van der Waals surface area contributed by atoms with Crippen LogP contribution in [0, 0.1) is 0 Å². The number of aliphatic hydroxyl groups excluding tert-OH is 2. The molecule has 0 bridgehead atoms. The van der Waals surface area contributed by atoms with Gasteiger partial charge in [0.05, 0.1) is 37.1 Å². The lowest BCUT2D eigenvalue weighted by Crippen LogP contribution is -2.62. The second kappa shape index (κ2) is 17.5. The monoisotopic (exact) mass is 611 g/mol. The lowest BCUT2D eigenvalue weighted by atomic mass is 9.86. The van der Waals surface area contributed by atoms with Crippen molar-refractivity contribution in [2.75, 3.05) is 32.8 Å². The van der Waals surface area contributed by atoms with Crippen LogP contribution < -0.4 is 27.0 Å². The summed E-state index contributed by atoms with van der Waals surface area (Å²) < 4.78 is 0. The molecule has 2 saturated heterocycles. The highest BCUT2D eigenvalue weighted by atomic mass is 16.4. The molecular formula is C31H61N7O5. The van der Waals surface area contributed by atoms with Crippen molar-refractivity contribution in [2.24, 2.45) is 10.7 Å². The number of nitrogens with two attached hydrogens (primary N) is 1. The molecule has 10 N–H and O–H groups in total. The van der Waals surface area contributed by atoms with Gasteiger partial charge in [-0.3, -0.25) is 14.7 Å². The van der Waals surface area contributed by atoms with Crippen LogP contribution in [0.5, 0.6) is 0 Å². The van der Waals surface area contributed by atoms with Gasteiger partial charge in [-0.2, -0.15) is 0 Å². The molecule has 12 nitrogen and oxygen atoms in total. The van der Waals surface area contributed by atoms with E-state index in [4.69, 9.17) is 5.73 Å². The lowest BCUT2D eigenvalue weighted by molar-refractivity contribution is -0.143. The Morgan fingerprint density at radius 2 is 2.02 bits per heavy atom. The van der Waals surface area contributed by atoms with Gasteiger partial charge in [-0.25, -0.2) is 0 Å². The van der Waals surface area contributed by atoms with Crippen LogP contribution in [-0.2, 0) is 4.79 Å². The zero-order chi connectivity index (χ0) is 31.5. The topological polar surface area (TPSA) is 188 Å². The molecular weight excluding hydrogens is 550 g/mol. The number of hydrogen-bond acceptors (Lipinski definition) is 11. The Kier molecular flexibility index (Phi) is 14.7. The molecule has 3 aliphatic heterocycles. The maximum absolute atomic E-state index is 11.5. The summed E-state index contributed by atoms with van der Waals surface area (Å²) in [5.41, 5.74) is 4.56. The normalized spacial score (nSPS) is 32.9. The number of β-amino-alcohol motifs (C(OH)–C–C–N with tert-alkyl or cyclic N) is 1. The number of aliphatic hydroxyl groups is 3. The van der Waals surface area contributed by atoms with E-state index in [0.717, 1.165) is 77.3 Å². The summed E-state index contributed by atoms with van der Waals surface area (Å²) in [6.07, 6.45) is 10.3. The predicted molar refractivity (Wildman–Crippen MR) is 170 cm³/mol. The van der Waals surface area contributed by atoms with Crippen LogP contribution in [0.15, 0.2) is 4.99 Å². The van der Waals surface area contributed by atoms with Crippen molar-refractivity contribution in [2.45, 2.75) is 152 Å². The number of nitrogens with one attached hydrogen (secondary N) is 4. The minimum absolute atomic E-state index is 0.0391. The maximum Gasteiger partial charge on any atom is 0.306 e.